The van der Waals surface area contributed by atoms with Gasteiger partial charge < -0.3 is 24.8 Å². The Morgan fingerprint density at radius 2 is 2.16 bits per heavy atom. The Kier molecular flexibility index (Phi) is 8.30. The number of benzene rings is 1. The van der Waals surface area contributed by atoms with Gasteiger partial charge in [-0.3, -0.25) is 0 Å². The van der Waals surface area contributed by atoms with Crippen LogP contribution in [-0.2, 0) is 4.74 Å². The van der Waals surface area contributed by atoms with Gasteiger partial charge in [0.2, 0.25) is 0 Å². The summed E-state index contributed by atoms with van der Waals surface area (Å²) < 4.78 is 16.9. The van der Waals surface area contributed by atoms with Crippen molar-refractivity contribution in [3.05, 3.63) is 24.3 Å². The highest BCUT2D eigenvalue weighted by Crippen LogP contribution is 2.29. The molecular weight excluding hydrogens is 340 g/mol. The van der Waals surface area contributed by atoms with Gasteiger partial charge in [-0.25, -0.2) is 0 Å². The molecule has 1 aromatic rings. The molecule has 1 saturated carbocycles. The maximum Gasteiger partial charge on any atom is 0.123 e. The van der Waals surface area contributed by atoms with E-state index in [1.807, 2.05) is 24.3 Å². The lowest BCUT2D eigenvalue weighted by atomic mass is 9.94. The van der Waals surface area contributed by atoms with Crippen molar-refractivity contribution in [1.82, 2.24) is 10.6 Å². The van der Waals surface area contributed by atoms with E-state index in [0.717, 1.165) is 37.8 Å². The number of hydrogen-bond acceptors (Lipinski definition) is 5. The summed E-state index contributed by atoms with van der Waals surface area (Å²) in [6.45, 7) is 5.62. The fraction of sp³-hybridized carbons (Fsp3) is 0.684. The Balaban J connectivity index is 0.00000225. The van der Waals surface area contributed by atoms with Crippen LogP contribution in [0.1, 0.15) is 26.2 Å². The first-order valence-corrected chi connectivity index (χ1v) is 9.11. The lowest BCUT2D eigenvalue weighted by molar-refractivity contribution is 0.0518. The molecule has 2 N–H and O–H groups in total. The molecular formula is C19H31ClN2O3. The van der Waals surface area contributed by atoms with Gasteiger partial charge >= 0.3 is 0 Å². The molecule has 4 unspecified atom stereocenters. The van der Waals surface area contributed by atoms with Crippen molar-refractivity contribution in [3.8, 4) is 11.5 Å². The third-order valence-electron chi connectivity index (χ3n) is 5.08. The fourth-order valence-corrected chi connectivity index (χ4v) is 3.85. The van der Waals surface area contributed by atoms with Crippen LogP contribution in [-0.4, -0.2) is 51.6 Å². The molecule has 25 heavy (non-hydrogen) atoms. The average Bonchev–Trinajstić information content (AvgIpc) is 3.09. The van der Waals surface area contributed by atoms with E-state index >= 15 is 0 Å². The Morgan fingerprint density at radius 3 is 2.92 bits per heavy atom. The van der Waals surface area contributed by atoms with E-state index in [4.69, 9.17) is 14.2 Å². The third-order valence-corrected chi connectivity index (χ3v) is 5.08. The topological polar surface area (TPSA) is 51.8 Å². The molecule has 0 bridgehead atoms. The number of halogens is 1. The molecule has 0 radical (unpaired) electrons. The first-order chi connectivity index (χ1) is 11.8. The average molecular weight is 371 g/mol. The van der Waals surface area contributed by atoms with Gasteiger partial charge in [-0.05, 0) is 37.8 Å². The molecule has 0 amide bonds. The van der Waals surface area contributed by atoms with Gasteiger partial charge in [-0.15, -0.1) is 12.4 Å². The molecule has 142 valence electrons. The summed E-state index contributed by atoms with van der Waals surface area (Å²) in [5, 5.41) is 7.35. The lowest BCUT2D eigenvalue weighted by Crippen LogP contribution is -2.51. The van der Waals surface area contributed by atoms with Crippen LogP contribution in [0.4, 0.5) is 0 Å². The van der Waals surface area contributed by atoms with Crippen molar-refractivity contribution in [1.29, 1.82) is 0 Å². The van der Waals surface area contributed by atoms with Crippen LogP contribution in [0.2, 0.25) is 0 Å². The summed E-state index contributed by atoms with van der Waals surface area (Å²) in [4.78, 5) is 0. The number of nitrogens with one attached hydrogen (secondary N) is 2. The largest absolute Gasteiger partial charge is 0.497 e. The Morgan fingerprint density at radius 1 is 1.32 bits per heavy atom. The van der Waals surface area contributed by atoms with Crippen LogP contribution in [0.15, 0.2) is 24.3 Å². The number of rotatable bonds is 7. The second-order valence-electron chi connectivity index (χ2n) is 6.85. The molecule has 1 aliphatic heterocycles. The normalized spacial score (nSPS) is 27.4. The van der Waals surface area contributed by atoms with E-state index in [9.17, 15) is 0 Å². The van der Waals surface area contributed by atoms with E-state index in [2.05, 4.69) is 17.6 Å². The Labute approximate surface area is 157 Å². The highest BCUT2D eigenvalue weighted by atomic mass is 35.5. The Bertz CT molecular complexity index is 511. The minimum atomic E-state index is 0. The molecule has 5 nitrogen and oxygen atoms in total. The maximum atomic E-state index is 6.01. The standard InChI is InChI=1S/C19H30N2O3.ClH/c1-14(24-16-6-3-5-15(11-16)22-2)12-21-18-8-4-7-17(18)19-13-23-10-9-20-19;/h3,5-6,11,14,17-21H,4,7-10,12-13H2,1-2H3;1H. The van der Waals surface area contributed by atoms with Crippen LogP contribution in [0.3, 0.4) is 0 Å². The summed E-state index contributed by atoms with van der Waals surface area (Å²) >= 11 is 0. The quantitative estimate of drug-likeness (QED) is 0.772. The van der Waals surface area contributed by atoms with Crippen LogP contribution in [0.25, 0.3) is 0 Å². The summed E-state index contributed by atoms with van der Waals surface area (Å²) in [7, 11) is 1.67. The van der Waals surface area contributed by atoms with Gasteiger partial charge in [0.25, 0.3) is 0 Å². The SMILES string of the molecule is COc1cccc(OC(C)CNC2CCCC2C2COCCN2)c1.Cl. The van der Waals surface area contributed by atoms with Gasteiger partial charge in [-0.1, -0.05) is 12.5 Å². The smallest absolute Gasteiger partial charge is 0.123 e. The predicted octanol–water partition coefficient (Wildman–Crippen LogP) is 2.63. The van der Waals surface area contributed by atoms with E-state index < -0.39 is 0 Å². The molecule has 6 heteroatoms. The van der Waals surface area contributed by atoms with Crippen molar-refractivity contribution in [2.75, 3.05) is 33.4 Å². The van der Waals surface area contributed by atoms with Crippen LogP contribution in [0, 0.1) is 5.92 Å². The maximum absolute atomic E-state index is 6.01. The van der Waals surface area contributed by atoms with Gasteiger partial charge in [0, 0.05) is 31.2 Å². The number of hydrogen-bond donors (Lipinski definition) is 2. The van der Waals surface area contributed by atoms with Gasteiger partial charge in [0.1, 0.15) is 17.6 Å². The molecule has 2 fully saturated rings. The zero-order chi connectivity index (χ0) is 16.8. The van der Waals surface area contributed by atoms with Crippen LogP contribution in [0.5, 0.6) is 11.5 Å². The summed E-state index contributed by atoms with van der Waals surface area (Å²) in [5.74, 6) is 2.34. The first kappa shape index (κ1) is 20.3. The van der Waals surface area contributed by atoms with Crippen molar-refractivity contribution >= 4 is 12.4 Å². The van der Waals surface area contributed by atoms with Crippen molar-refractivity contribution in [2.45, 2.75) is 44.4 Å². The van der Waals surface area contributed by atoms with Crippen molar-refractivity contribution < 1.29 is 14.2 Å². The molecule has 2 aliphatic rings. The minimum absolute atomic E-state index is 0. The molecule has 1 saturated heterocycles. The molecule has 1 aliphatic carbocycles. The van der Waals surface area contributed by atoms with E-state index in [0.29, 0.717) is 18.0 Å². The highest BCUT2D eigenvalue weighted by Gasteiger charge is 2.34. The van der Waals surface area contributed by atoms with E-state index in [1.165, 1.54) is 19.3 Å². The second kappa shape index (κ2) is 10.2. The zero-order valence-electron chi connectivity index (χ0n) is 15.2. The van der Waals surface area contributed by atoms with Crippen molar-refractivity contribution in [3.63, 3.8) is 0 Å². The van der Waals surface area contributed by atoms with Gasteiger partial charge in [0.15, 0.2) is 0 Å². The first-order valence-electron chi connectivity index (χ1n) is 9.11. The predicted molar refractivity (Wildman–Crippen MR) is 102 cm³/mol. The Hall–Kier alpha value is -1.01. The summed E-state index contributed by atoms with van der Waals surface area (Å²) in [6.07, 6.45) is 3.94. The molecule has 0 spiro atoms. The summed E-state index contributed by atoms with van der Waals surface area (Å²) in [5.41, 5.74) is 0. The third kappa shape index (κ3) is 5.74. The second-order valence-corrected chi connectivity index (χ2v) is 6.85. The van der Waals surface area contributed by atoms with E-state index in [1.54, 1.807) is 7.11 Å². The van der Waals surface area contributed by atoms with E-state index in [-0.39, 0.29) is 18.5 Å². The molecule has 4 atom stereocenters. The van der Waals surface area contributed by atoms with Crippen molar-refractivity contribution in [2.24, 2.45) is 5.92 Å². The molecule has 3 rings (SSSR count). The van der Waals surface area contributed by atoms with Crippen LogP contribution < -0.4 is 20.1 Å². The number of morpholine rings is 1. The minimum Gasteiger partial charge on any atom is -0.497 e. The zero-order valence-corrected chi connectivity index (χ0v) is 16.0. The highest BCUT2D eigenvalue weighted by molar-refractivity contribution is 5.85. The van der Waals surface area contributed by atoms with Gasteiger partial charge in [0.05, 0.1) is 20.3 Å². The monoisotopic (exact) mass is 370 g/mol. The molecule has 1 heterocycles. The number of methoxy groups -OCH3 is 1. The molecule has 0 aromatic heterocycles. The fourth-order valence-electron chi connectivity index (χ4n) is 3.85. The molecule has 1 aromatic carbocycles. The lowest BCUT2D eigenvalue weighted by Gasteiger charge is -2.33. The van der Waals surface area contributed by atoms with Crippen LogP contribution >= 0.6 is 12.4 Å². The summed E-state index contributed by atoms with van der Waals surface area (Å²) in [6, 6.07) is 8.83. The number of ether oxygens (including phenoxy) is 3. The van der Waals surface area contributed by atoms with Gasteiger partial charge in [-0.2, -0.15) is 0 Å².